The highest BCUT2D eigenvalue weighted by molar-refractivity contribution is 9.10. The largest absolute Gasteiger partial charge is 0.339 e. The number of halogens is 2. The number of hydrogen-bond donors (Lipinski definition) is 1. The molecule has 0 spiro atoms. The van der Waals surface area contributed by atoms with Gasteiger partial charge in [0, 0.05) is 30.8 Å². The monoisotopic (exact) mass is 544 g/mol. The average Bonchev–Trinajstić information content (AvgIpc) is 3.55. The summed E-state index contributed by atoms with van der Waals surface area (Å²) in [5.74, 6) is 2.09. The van der Waals surface area contributed by atoms with Crippen LogP contribution in [-0.4, -0.2) is 39.3 Å². The highest BCUT2D eigenvalue weighted by Gasteiger charge is 2.20. The van der Waals surface area contributed by atoms with Crippen LogP contribution in [0.3, 0.4) is 0 Å². The Kier molecular flexibility index (Phi) is 6.46. The Balaban J connectivity index is 1.40. The number of benzene rings is 1. The second kappa shape index (κ2) is 9.67. The van der Waals surface area contributed by atoms with Crippen LogP contribution in [-0.2, 0) is 25.8 Å². The normalized spacial score (nSPS) is 11.7. The summed E-state index contributed by atoms with van der Waals surface area (Å²) in [6.45, 7) is 2.84. The molecule has 0 aliphatic rings. The molecule has 10 nitrogen and oxygen atoms in total. The quantitative estimate of drug-likeness (QED) is 0.218. The van der Waals surface area contributed by atoms with Gasteiger partial charge < -0.3 is 9.51 Å². The van der Waals surface area contributed by atoms with Gasteiger partial charge in [-0.25, -0.2) is 9.38 Å². The summed E-state index contributed by atoms with van der Waals surface area (Å²) in [6, 6.07) is 7.53. The van der Waals surface area contributed by atoms with Gasteiger partial charge in [-0.3, -0.25) is 9.36 Å². The summed E-state index contributed by atoms with van der Waals surface area (Å²) in [4.78, 5) is 25.2. The van der Waals surface area contributed by atoms with Crippen LogP contribution in [0.15, 0.2) is 38.3 Å². The molecule has 5 rings (SSSR count). The smallest absolute Gasteiger partial charge is 0.286 e. The van der Waals surface area contributed by atoms with Crippen LogP contribution in [0.5, 0.6) is 0 Å². The molecule has 34 heavy (non-hydrogen) atoms. The molecule has 0 aliphatic carbocycles. The molecular formula is C22H22BrClN8O2. The molecule has 0 saturated heterocycles. The maximum atomic E-state index is 13.2. The number of aryl methyl sites for hydroxylation is 3. The maximum absolute atomic E-state index is 13.2. The summed E-state index contributed by atoms with van der Waals surface area (Å²) in [5.41, 5.74) is 1.80. The van der Waals surface area contributed by atoms with E-state index in [1.165, 1.54) is 0 Å². The second-order valence-electron chi connectivity index (χ2n) is 8.05. The zero-order valence-corrected chi connectivity index (χ0v) is 20.8. The van der Waals surface area contributed by atoms with Crippen molar-refractivity contribution in [2.45, 2.75) is 52.0 Å². The Hall–Kier alpha value is -3.05. The predicted octanol–water partition coefficient (Wildman–Crippen LogP) is 4.13. The molecule has 0 saturated carbocycles. The lowest BCUT2D eigenvalue weighted by Gasteiger charge is -2.09. The average molecular weight is 546 g/mol. The first-order valence-electron chi connectivity index (χ1n) is 11.1. The number of fused-ring (bicyclic) bond motifs is 2. The number of hydrogen-bond acceptors (Lipinski definition) is 7. The van der Waals surface area contributed by atoms with Gasteiger partial charge in [-0.15, -0.1) is 10.2 Å². The van der Waals surface area contributed by atoms with Crippen molar-refractivity contribution >= 4 is 44.5 Å². The fourth-order valence-corrected chi connectivity index (χ4v) is 4.42. The number of imidazole rings is 1. The van der Waals surface area contributed by atoms with Crippen LogP contribution < -0.4 is 5.56 Å². The van der Waals surface area contributed by atoms with Gasteiger partial charge in [-0.05, 0) is 40.0 Å². The van der Waals surface area contributed by atoms with Gasteiger partial charge in [0.2, 0.25) is 11.7 Å². The third-order valence-corrected chi connectivity index (χ3v) is 6.24. The van der Waals surface area contributed by atoms with Crippen LogP contribution in [0, 0.1) is 0 Å². The van der Waals surface area contributed by atoms with Crippen LogP contribution in [0.1, 0.15) is 49.3 Å². The minimum absolute atomic E-state index is 0.233. The predicted molar refractivity (Wildman–Crippen MR) is 130 cm³/mol. The number of nitrogens with one attached hydrogen (secondary N) is 1. The lowest BCUT2D eigenvalue weighted by atomic mass is 10.1. The zero-order valence-electron chi connectivity index (χ0n) is 18.5. The molecule has 4 heterocycles. The maximum Gasteiger partial charge on any atom is 0.286 e. The highest BCUT2D eigenvalue weighted by atomic mass is 79.9. The van der Waals surface area contributed by atoms with E-state index >= 15 is 0 Å². The summed E-state index contributed by atoms with van der Waals surface area (Å²) >= 11 is 9.29. The van der Waals surface area contributed by atoms with Crippen LogP contribution in [0.2, 0.25) is 5.02 Å². The number of aromatic amines is 1. The molecule has 0 atom stereocenters. The van der Waals surface area contributed by atoms with Gasteiger partial charge in [0.25, 0.3) is 5.56 Å². The molecular weight excluding hydrogens is 524 g/mol. The Morgan fingerprint density at radius 2 is 1.94 bits per heavy atom. The Morgan fingerprint density at radius 1 is 1.12 bits per heavy atom. The molecule has 12 heteroatoms. The SMILES string of the molecule is CCCCCn1c2nc(Br)[nH]c2c(=O)n2c(CCc3nc(Cc4ccc(Cl)cc4)no3)nnc12. The molecule has 0 bridgehead atoms. The standard InChI is InChI=1S/C22H22BrClN8O2/c1-2-3-4-11-31-19-18(26-21(23)27-19)20(33)32-16(28-29-22(31)32)9-10-17-25-15(30-34-17)12-13-5-7-14(24)8-6-13/h5-8H,2-4,9-12H2,1H3,(H,26,27). The molecule has 1 N–H and O–H groups in total. The Morgan fingerprint density at radius 3 is 2.74 bits per heavy atom. The summed E-state index contributed by atoms with van der Waals surface area (Å²) in [6.07, 6.45) is 4.52. The van der Waals surface area contributed by atoms with Crippen molar-refractivity contribution in [1.82, 2.24) is 39.3 Å². The topological polar surface area (TPSA) is 120 Å². The Bertz CT molecular complexity index is 1500. The minimum Gasteiger partial charge on any atom is -0.339 e. The van der Waals surface area contributed by atoms with Gasteiger partial charge in [-0.1, -0.05) is 48.7 Å². The minimum atomic E-state index is -0.233. The van der Waals surface area contributed by atoms with E-state index in [0.29, 0.717) is 70.0 Å². The molecule has 5 aromatic rings. The molecule has 4 aromatic heterocycles. The molecule has 176 valence electrons. The van der Waals surface area contributed by atoms with Gasteiger partial charge in [-0.2, -0.15) is 4.98 Å². The molecule has 0 aliphatic heterocycles. The van der Waals surface area contributed by atoms with Gasteiger partial charge >= 0.3 is 0 Å². The van der Waals surface area contributed by atoms with Crippen molar-refractivity contribution in [1.29, 1.82) is 0 Å². The number of rotatable bonds is 9. The summed E-state index contributed by atoms with van der Waals surface area (Å²) < 4.78 is 9.41. The number of H-pyrrole nitrogens is 1. The summed E-state index contributed by atoms with van der Waals surface area (Å²) in [5, 5.41) is 13.4. The number of aromatic nitrogens is 8. The highest BCUT2D eigenvalue weighted by Crippen LogP contribution is 2.17. The van der Waals surface area contributed by atoms with E-state index in [1.54, 1.807) is 4.40 Å². The lowest BCUT2D eigenvalue weighted by Crippen LogP contribution is -2.21. The van der Waals surface area contributed by atoms with E-state index in [-0.39, 0.29) is 5.56 Å². The van der Waals surface area contributed by atoms with Crippen LogP contribution in [0.25, 0.3) is 16.9 Å². The van der Waals surface area contributed by atoms with Crippen molar-refractivity contribution in [3.05, 3.63) is 67.5 Å². The third-order valence-electron chi connectivity index (χ3n) is 5.62. The van der Waals surface area contributed by atoms with E-state index < -0.39 is 0 Å². The van der Waals surface area contributed by atoms with Crippen molar-refractivity contribution in [3.8, 4) is 0 Å². The van der Waals surface area contributed by atoms with Crippen molar-refractivity contribution < 1.29 is 4.52 Å². The molecule has 0 radical (unpaired) electrons. The first kappa shape index (κ1) is 22.7. The van der Waals surface area contributed by atoms with E-state index in [9.17, 15) is 4.79 Å². The van der Waals surface area contributed by atoms with E-state index in [0.717, 1.165) is 24.8 Å². The first-order valence-corrected chi connectivity index (χ1v) is 12.3. The third kappa shape index (κ3) is 4.49. The zero-order chi connectivity index (χ0) is 23.7. The number of nitrogens with zero attached hydrogens (tertiary/aromatic N) is 7. The van der Waals surface area contributed by atoms with E-state index in [2.05, 4.69) is 53.2 Å². The number of unbranched alkanes of at least 4 members (excludes halogenated alkanes) is 2. The molecule has 1 aromatic carbocycles. The van der Waals surface area contributed by atoms with Crippen LogP contribution >= 0.6 is 27.5 Å². The van der Waals surface area contributed by atoms with Crippen molar-refractivity contribution in [2.24, 2.45) is 0 Å². The summed E-state index contributed by atoms with van der Waals surface area (Å²) in [7, 11) is 0. The van der Waals surface area contributed by atoms with Gasteiger partial charge in [0.05, 0.1) is 0 Å². The lowest BCUT2D eigenvalue weighted by molar-refractivity contribution is 0.373. The Labute approximate surface area is 207 Å². The molecule has 0 amide bonds. The van der Waals surface area contributed by atoms with Crippen molar-refractivity contribution in [3.63, 3.8) is 0 Å². The van der Waals surface area contributed by atoms with Gasteiger partial charge in [0.1, 0.15) is 5.82 Å². The second-order valence-corrected chi connectivity index (χ2v) is 9.24. The van der Waals surface area contributed by atoms with E-state index in [1.807, 2.05) is 28.8 Å². The molecule has 0 unspecified atom stereocenters. The molecule has 0 fully saturated rings. The fourth-order valence-electron chi connectivity index (χ4n) is 3.93. The first-order chi connectivity index (χ1) is 16.5. The van der Waals surface area contributed by atoms with Gasteiger partial charge in [0.15, 0.2) is 21.7 Å². The fraction of sp³-hybridized carbons (Fsp3) is 0.364. The van der Waals surface area contributed by atoms with E-state index in [4.69, 9.17) is 16.1 Å². The van der Waals surface area contributed by atoms with Crippen molar-refractivity contribution in [2.75, 3.05) is 0 Å². The van der Waals surface area contributed by atoms with Crippen LogP contribution in [0.4, 0.5) is 0 Å².